The number of rotatable bonds is 14. The molecular formula is C19H33NO3. The minimum Gasteiger partial charge on any atom is -0.396 e. The zero-order chi connectivity index (χ0) is 16.8. The lowest BCUT2D eigenvalue weighted by atomic mass is 10.0. The molecule has 1 rings (SSSR count). The second kappa shape index (κ2) is 13.5. The molecule has 3 N–H and O–H groups in total. The van der Waals surface area contributed by atoms with E-state index in [2.05, 4.69) is 17.0 Å². The second-order valence-corrected chi connectivity index (χ2v) is 6.13. The summed E-state index contributed by atoms with van der Waals surface area (Å²) in [5.74, 6) is 0. The van der Waals surface area contributed by atoms with Gasteiger partial charge in [0.15, 0.2) is 0 Å². The fourth-order valence-corrected chi connectivity index (χ4v) is 2.88. The molecule has 4 heteroatoms. The van der Waals surface area contributed by atoms with Crippen LogP contribution in [0.5, 0.6) is 0 Å². The first kappa shape index (κ1) is 20.1. The Hall–Kier alpha value is -0.940. The van der Waals surface area contributed by atoms with Gasteiger partial charge < -0.3 is 15.3 Å². The fraction of sp³-hybridized carbons (Fsp3) is 0.684. The van der Waals surface area contributed by atoms with Crippen molar-refractivity contribution >= 4 is 0 Å². The van der Waals surface area contributed by atoms with Crippen LogP contribution in [0.2, 0.25) is 0 Å². The van der Waals surface area contributed by atoms with Gasteiger partial charge >= 0.3 is 0 Å². The van der Waals surface area contributed by atoms with Crippen molar-refractivity contribution in [3.8, 4) is 0 Å². The van der Waals surface area contributed by atoms with Gasteiger partial charge in [-0.3, -0.25) is 4.90 Å². The molecular weight excluding hydrogens is 290 g/mol. The molecule has 0 heterocycles. The van der Waals surface area contributed by atoms with Crippen LogP contribution in [-0.2, 0) is 6.42 Å². The molecule has 0 aliphatic rings. The third kappa shape index (κ3) is 9.06. The summed E-state index contributed by atoms with van der Waals surface area (Å²) in [5.41, 5.74) is 1.25. The van der Waals surface area contributed by atoms with Gasteiger partial charge in [0.05, 0.1) is 6.61 Å². The van der Waals surface area contributed by atoms with Gasteiger partial charge in [0.2, 0.25) is 0 Å². The lowest BCUT2D eigenvalue weighted by molar-refractivity contribution is 0.117. The van der Waals surface area contributed by atoms with E-state index in [0.717, 1.165) is 58.0 Å². The topological polar surface area (TPSA) is 63.9 Å². The average molecular weight is 323 g/mol. The summed E-state index contributed by atoms with van der Waals surface area (Å²) in [7, 11) is 0. The van der Waals surface area contributed by atoms with E-state index < -0.39 is 0 Å². The van der Waals surface area contributed by atoms with Crippen molar-refractivity contribution < 1.29 is 15.3 Å². The molecule has 1 unspecified atom stereocenters. The zero-order valence-electron chi connectivity index (χ0n) is 14.2. The molecule has 4 nitrogen and oxygen atoms in total. The average Bonchev–Trinajstić information content (AvgIpc) is 2.59. The van der Waals surface area contributed by atoms with Crippen LogP contribution < -0.4 is 0 Å². The van der Waals surface area contributed by atoms with Crippen molar-refractivity contribution in [2.45, 2.75) is 51.0 Å². The molecule has 0 saturated heterocycles. The van der Waals surface area contributed by atoms with Crippen LogP contribution in [0, 0.1) is 0 Å². The Morgan fingerprint density at radius 3 is 1.78 bits per heavy atom. The third-order valence-electron chi connectivity index (χ3n) is 4.25. The standard InChI is InChI=1S/C19H33NO3/c21-14-8-2-6-12-20(13-7-3-9-15-22)19(17-23)16-18-10-4-1-5-11-18/h1,4-5,10-11,19,21-23H,2-3,6-9,12-17H2. The summed E-state index contributed by atoms with van der Waals surface area (Å²) in [6, 6.07) is 10.4. The van der Waals surface area contributed by atoms with Gasteiger partial charge in [-0.15, -0.1) is 0 Å². The summed E-state index contributed by atoms with van der Waals surface area (Å²) in [6.45, 7) is 2.58. The van der Waals surface area contributed by atoms with Crippen LogP contribution in [0.3, 0.4) is 0 Å². The zero-order valence-corrected chi connectivity index (χ0v) is 14.2. The van der Waals surface area contributed by atoms with Gasteiger partial charge in [-0.05, 0) is 63.6 Å². The first-order chi connectivity index (χ1) is 11.3. The molecule has 1 aromatic carbocycles. The number of hydrogen-bond acceptors (Lipinski definition) is 4. The summed E-state index contributed by atoms with van der Waals surface area (Å²) in [4.78, 5) is 2.38. The van der Waals surface area contributed by atoms with E-state index in [9.17, 15) is 5.11 Å². The molecule has 0 aromatic heterocycles. The molecule has 1 atom stereocenters. The summed E-state index contributed by atoms with van der Waals surface area (Å²) < 4.78 is 0. The Kier molecular flexibility index (Phi) is 11.8. The second-order valence-electron chi connectivity index (χ2n) is 6.13. The molecule has 1 aromatic rings. The van der Waals surface area contributed by atoms with Crippen molar-refractivity contribution in [2.24, 2.45) is 0 Å². The van der Waals surface area contributed by atoms with E-state index in [1.54, 1.807) is 0 Å². The first-order valence-electron chi connectivity index (χ1n) is 8.92. The molecule has 0 aliphatic carbocycles. The van der Waals surface area contributed by atoms with Gasteiger partial charge in [0.1, 0.15) is 0 Å². The van der Waals surface area contributed by atoms with Gasteiger partial charge in [-0.1, -0.05) is 30.3 Å². The quantitative estimate of drug-likeness (QED) is 0.459. The molecule has 0 spiro atoms. The van der Waals surface area contributed by atoms with Crippen LogP contribution in [0.4, 0.5) is 0 Å². The van der Waals surface area contributed by atoms with Crippen LogP contribution in [0.25, 0.3) is 0 Å². The minimum absolute atomic E-state index is 0.139. The SMILES string of the molecule is OCCCCCN(CCCCCO)C(CO)Cc1ccccc1. The highest BCUT2D eigenvalue weighted by atomic mass is 16.3. The fourth-order valence-electron chi connectivity index (χ4n) is 2.88. The molecule has 0 radical (unpaired) electrons. The Morgan fingerprint density at radius 2 is 1.30 bits per heavy atom. The van der Waals surface area contributed by atoms with Crippen LogP contribution in [-0.4, -0.2) is 59.2 Å². The van der Waals surface area contributed by atoms with Gasteiger partial charge in [-0.25, -0.2) is 0 Å². The Balaban J connectivity index is 2.53. The van der Waals surface area contributed by atoms with E-state index in [1.165, 1.54) is 5.56 Å². The largest absolute Gasteiger partial charge is 0.396 e. The maximum absolute atomic E-state index is 9.84. The monoisotopic (exact) mass is 323 g/mol. The van der Waals surface area contributed by atoms with Crippen molar-refractivity contribution in [3.05, 3.63) is 35.9 Å². The maximum Gasteiger partial charge on any atom is 0.0590 e. The smallest absolute Gasteiger partial charge is 0.0590 e. The molecule has 0 aliphatic heterocycles. The van der Waals surface area contributed by atoms with Crippen LogP contribution in [0.1, 0.15) is 44.1 Å². The first-order valence-corrected chi connectivity index (χ1v) is 8.92. The van der Waals surface area contributed by atoms with Gasteiger partial charge in [0, 0.05) is 19.3 Å². The van der Waals surface area contributed by atoms with Crippen LogP contribution in [0.15, 0.2) is 30.3 Å². The lowest BCUT2D eigenvalue weighted by Gasteiger charge is -2.31. The number of nitrogens with zero attached hydrogens (tertiary/aromatic N) is 1. The van der Waals surface area contributed by atoms with E-state index in [-0.39, 0.29) is 25.9 Å². The predicted octanol–water partition coefficient (Wildman–Crippen LogP) is 2.22. The number of aliphatic hydroxyl groups is 3. The molecule has 23 heavy (non-hydrogen) atoms. The van der Waals surface area contributed by atoms with Crippen molar-refractivity contribution in [3.63, 3.8) is 0 Å². The summed E-state index contributed by atoms with van der Waals surface area (Å²) in [5, 5.41) is 27.7. The maximum atomic E-state index is 9.84. The molecule has 0 fully saturated rings. The van der Waals surface area contributed by atoms with Crippen molar-refractivity contribution in [1.29, 1.82) is 0 Å². The Bertz CT molecular complexity index is 360. The molecule has 132 valence electrons. The summed E-state index contributed by atoms with van der Waals surface area (Å²) >= 11 is 0. The third-order valence-corrected chi connectivity index (χ3v) is 4.25. The highest BCUT2D eigenvalue weighted by Crippen LogP contribution is 2.12. The number of aliphatic hydroxyl groups excluding tert-OH is 3. The van der Waals surface area contributed by atoms with E-state index in [0.29, 0.717) is 0 Å². The molecule has 0 saturated carbocycles. The van der Waals surface area contributed by atoms with E-state index in [4.69, 9.17) is 10.2 Å². The number of hydrogen-bond donors (Lipinski definition) is 3. The molecule has 0 amide bonds. The van der Waals surface area contributed by atoms with E-state index >= 15 is 0 Å². The van der Waals surface area contributed by atoms with E-state index in [1.807, 2.05) is 18.2 Å². The Morgan fingerprint density at radius 1 is 0.739 bits per heavy atom. The summed E-state index contributed by atoms with van der Waals surface area (Å²) in [6.07, 6.45) is 6.69. The molecule has 0 bridgehead atoms. The van der Waals surface area contributed by atoms with Crippen molar-refractivity contribution in [1.82, 2.24) is 4.90 Å². The Labute approximate surface area is 140 Å². The predicted molar refractivity (Wildman–Crippen MR) is 94.5 cm³/mol. The van der Waals surface area contributed by atoms with Gasteiger partial charge in [0.25, 0.3) is 0 Å². The number of benzene rings is 1. The highest BCUT2D eigenvalue weighted by Gasteiger charge is 2.17. The highest BCUT2D eigenvalue weighted by molar-refractivity contribution is 5.16. The number of unbranched alkanes of at least 4 members (excludes halogenated alkanes) is 4. The van der Waals surface area contributed by atoms with Crippen molar-refractivity contribution in [2.75, 3.05) is 32.9 Å². The van der Waals surface area contributed by atoms with Gasteiger partial charge in [-0.2, -0.15) is 0 Å². The van der Waals surface area contributed by atoms with Crippen LogP contribution >= 0.6 is 0 Å². The normalized spacial score (nSPS) is 12.7. The minimum atomic E-state index is 0.139. The lowest BCUT2D eigenvalue weighted by Crippen LogP contribution is -2.41.